The maximum absolute atomic E-state index is 12.0. The molecule has 1 amide bonds. The fraction of sp³-hybridized carbons (Fsp3) is 0.200. The number of hydrogen-bond donors (Lipinski definition) is 1. The predicted molar refractivity (Wildman–Crippen MR) is 81.9 cm³/mol. The molecule has 110 valence electrons. The fourth-order valence-electron chi connectivity index (χ4n) is 1.72. The Bertz CT molecular complexity index is 712. The molecule has 2 aromatic rings. The number of nitrogens with zero attached hydrogens (tertiary/aromatic N) is 1. The van der Waals surface area contributed by atoms with Crippen LogP contribution in [0, 0.1) is 0 Å². The molecule has 0 aliphatic carbocycles. The van der Waals surface area contributed by atoms with Crippen molar-refractivity contribution < 1.29 is 9.53 Å². The maximum Gasteiger partial charge on any atom is 0.274 e. The minimum atomic E-state index is -0.756. The Kier molecular flexibility index (Phi) is 4.65. The summed E-state index contributed by atoms with van der Waals surface area (Å²) in [5.74, 6) is 0.0874. The molecule has 2 rings (SSSR count). The molecule has 6 heteroatoms. The van der Waals surface area contributed by atoms with Crippen molar-refractivity contribution >= 4 is 23.2 Å². The summed E-state index contributed by atoms with van der Waals surface area (Å²) in [6.45, 7) is 1.60. The van der Waals surface area contributed by atoms with Gasteiger partial charge in [0, 0.05) is 18.3 Å². The van der Waals surface area contributed by atoms with E-state index in [1.807, 2.05) is 0 Å². The number of halogens is 1. The van der Waals surface area contributed by atoms with E-state index >= 15 is 0 Å². The van der Waals surface area contributed by atoms with Crippen molar-refractivity contribution in [3.05, 3.63) is 58.0 Å². The largest absolute Gasteiger partial charge is 0.481 e. The van der Waals surface area contributed by atoms with Crippen LogP contribution in [0.4, 0.5) is 5.69 Å². The predicted octanol–water partition coefficient (Wildman–Crippen LogP) is 2.44. The number of nitrogens with one attached hydrogen (secondary N) is 1. The van der Waals surface area contributed by atoms with Crippen LogP contribution in [0.5, 0.6) is 5.75 Å². The van der Waals surface area contributed by atoms with Crippen LogP contribution in [0.1, 0.15) is 6.92 Å². The third-order valence-electron chi connectivity index (χ3n) is 2.86. The van der Waals surface area contributed by atoms with Crippen molar-refractivity contribution in [2.75, 3.05) is 5.32 Å². The summed E-state index contributed by atoms with van der Waals surface area (Å²) < 4.78 is 6.88. The van der Waals surface area contributed by atoms with Crippen molar-refractivity contribution in [1.82, 2.24) is 4.57 Å². The first kappa shape index (κ1) is 15.1. The fourth-order valence-corrected chi connectivity index (χ4v) is 1.91. The molecule has 1 aromatic carbocycles. The lowest BCUT2D eigenvalue weighted by Gasteiger charge is -2.14. The first-order valence-corrected chi connectivity index (χ1v) is 6.74. The van der Waals surface area contributed by atoms with E-state index in [0.717, 1.165) is 0 Å². The molecular formula is C15H15ClN2O3. The van der Waals surface area contributed by atoms with Gasteiger partial charge in [0.15, 0.2) is 6.10 Å². The number of aromatic nitrogens is 1. The van der Waals surface area contributed by atoms with Crippen LogP contribution in [0.2, 0.25) is 5.02 Å². The molecule has 0 radical (unpaired) electrons. The molecule has 0 spiro atoms. The van der Waals surface area contributed by atoms with Gasteiger partial charge in [-0.15, -0.1) is 0 Å². The maximum atomic E-state index is 12.0. The van der Waals surface area contributed by atoms with E-state index in [1.54, 1.807) is 56.6 Å². The van der Waals surface area contributed by atoms with Gasteiger partial charge in [0.25, 0.3) is 11.5 Å². The van der Waals surface area contributed by atoms with Gasteiger partial charge in [-0.3, -0.25) is 9.59 Å². The van der Waals surface area contributed by atoms with Gasteiger partial charge in [0.2, 0.25) is 0 Å². The van der Waals surface area contributed by atoms with Crippen LogP contribution in [-0.4, -0.2) is 16.6 Å². The van der Waals surface area contributed by atoms with Crippen LogP contribution in [0.3, 0.4) is 0 Å². The summed E-state index contributed by atoms with van der Waals surface area (Å²) in [7, 11) is 1.61. The molecule has 1 unspecified atom stereocenters. The van der Waals surface area contributed by atoms with E-state index in [0.29, 0.717) is 10.8 Å². The average molecular weight is 307 g/mol. The molecule has 1 N–H and O–H groups in total. The molecule has 21 heavy (non-hydrogen) atoms. The smallest absolute Gasteiger partial charge is 0.274 e. The number of ether oxygens (including phenoxy) is 1. The van der Waals surface area contributed by atoms with Gasteiger partial charge in [-0.25, -0.2) is 0 Å². The van der Waals surface area contributed by atoms with Crippen molar-refractivity contribution in [3.63, 3.8) is 0 Å². The van der Waals surface area contributed by atoms with Crippen LogP contribution >= 0.6 is 11.6 Å². The van der Waals surface area contributed by atoms with Gasteiger partial charge in [-0.2, -0.15) is 0 Å². The highest BCUT2D eigenvalue weighted by Gasteiger charge is 2.16. The zero-order chi connectivity index (χ0) is 15.4. The van der Waals surface area contributed by atoms with Gasteiger partial charge in [-0.1, -0.05) is 17.7 Å². The Morgan fingerprint density at radius 1 is 1.33 bits per heavy atom. The van der Waals surface area contributed by atoms with E-state index in [1.165, 1.54) is 4.57 Å². The lowest BCUT2D eigenvalue weighted by molar-refractivity contribution is -0.122. The number of pyridine rings is 1. The quantitative estimate of drug-likeness (QED) is 0.944. The average Bonchev–Trinajstić information content (AvgIpc) is 2.44. The third kappa shape index (κ3) is 3.86. The topological polar surface area (TPSA) is 60.3 Å². The Hall–Kier alpha value is -2.27. The molecule has 0 bridgehead atoms. The number of carbonyl (C=O) groups excluding carboxylic acids is 1. The van der Waals surface area contributed by atoms with E-state index in [2.05, 4.69) is 5.32 Å². The number of amides is 1. The molecular weight excluding hydrogens is 292 g/mol. The molecule has 1 atom stereocenters. The number of benzene rings is 1. The molecule has 0 fully saturated rings. The molecule has 5 nitrogen and oxygen atoms in total. The monoisotopic (exact) mass is 306 g/mol. The van der Waals surface area contributed by atoms with Crippen LogP contribution < -0.4 is 15.6 Å². The Balaban J connectivity index is 2.06. The molecule has 0 saturated carbocycles. The van der Waals surface area contributed by atoms with E-state index in [-0.39, 0.29) is 11.2 Å². The van der Waals surface area contributed by atoms with E-state index in [4.69, 9.17) is 16.3 Å². The number of anilines is 1. The Labute approximate surface area is 127 Å². The van der Waals surface area contributed by atoms with Crippen LogP contribution in [0.25, 0.3) is 0 Å². The first-order valence-electron chi connectivity index (χ1n) is 6.36. The molecule has 0 saturated heterocycles. The van der Waals surface area contributed by atoms with Gasteiger partial charge >= 0.3 is 0 Å². The second-order valence-corrected chi connectivity index (χ2v) is 4.98. The lowest BCUT2D eigenvalue weighted by atomic mass is 10.3. The number of carbonyl (C=O) groups is 1. The van der Waals surface area contributed by atoms with Crippen molar-refractivity contribution in [3.8, 4) is 5.75 Å². The van der Waals surface area contributed by atoms with Gasteiger partial charge < -0.3 is 14.6 Å². The highest BCUT2D eigenvalue weighted by atomic mass is 35.5. The summed E-state index contributed by atoms with van der Waals surface area (Å²) in [6.07, 6.45) is 0.859. The normalized spacial score (nSPS) is 11.8. The van der Waals surface area contributed by atoms with Gasteiger partial charge in [-0.05, 0) is 37.3 Å². The molecule has 0 aliphatic rings. The minimum Gasteiger partial charge on any atom is -0.481 e. The van der Waals surface area contributed by atoms with Gasteiger partial charge in [0.05, 0.1) is 0 Å². The molecule has 1 aromatic heterocycles. The van der Waals surface area contributed by atoms with Crippen LogP contribution in [-0.2, 0) is 11.8 Å². The number of rotatable bonds is 4. The lowest BCUT2D eigenvalue weighted by Crippen LogP contribution is -2.33. The molecule has 0 aliphatic heterocycles. The SMILES string of the molecule is CC(Oc1cccc(Cl)c1)C(=O)Nc1cccn(C)c1=O. The highest BCUT2D eigenvalue weighted by molar-refractivity contribution is 6.30. The Morgan fingerprint density at radius 2 is 2.10 bits per heavy atom. The van der Waals surface area contributed by atoms with Crippen molar-refractivity contribution in [2.45, 2.75) is 13.0 Å². The van der Waals surface area contributed by atoms with Crippen molar-refractivity contribution in [2.24, 2.45) is 7.05 Å². The molecule has 1 heterocycles. The van der Waals surface area contributed by atoms with E-state index < -0.39 is 12.0 Å². The highest BCUT2D eigenvalue weighted by Crippen LogP contribution is 2.18. The summed E-state index contributed by atoms with van der Waals surface area (Å²) in [4.78, 5) is 23.9. The minimum absolute atomic E-state index is 0.214. The standard InChI is InChI=1S/C15H15ClN2O3/c1-10(21-12-6-3-5-11(16)9-12)14(19)17-13-7-4-8-18(2)15(13)20/h3-10H,1-2H3,(H,17,19). The van der Waals surface area contributed by atoms with Crippen molar-refractivity contribution in [1.29, 1.82) is 0 Å². The summed E-state index contributed by atoms with van der Waals surface area (Å²) in [6, 6.07) is 10.00. The van der Waals surface area contributed by atoms with Gasteiger partial charge in [0.1, 0.15) is 11.4 Å². The second kappa shape index (κ2) is 6.45. The third-order valence-corrected chi connectivity index (χ3v) is 3.09. The summed E-state index contributed by atoms with van der Waals surface area (Å²) >= 11 is 5.85. The Morgan fingerprint density at radius 3 is 2.81 bits per heavy atom. The first-order chi connectivity index (χ1) is 9.97. The second-order valence-electron chi connectivity index (χ2n) is 4.54. The number of aryl methyl sites for hydroxylation is 1. The van der Waals surface area contributed by atoms with Crippen LogP contribution in [0.15, 0.2) is 47.4 Å². The zero-order valence-corrected chi connectivity index (χ0v) is 12.4. The summed E-state index contributed by atoms with van der Waals surface area (Å²) in [5.41, 5.74) is -0.0626. The zero-order valence-electron chi connectivity index (χ0n) is 11.7. The van der Waals surface area contributed by atoms with E-state index in [9.17, 15) is 9.59 Å². The number of hydrogen-bond acceptors (Lipinski definition) is 3. The summed E-state index contributed by atoms with van der Waals surface area (Å²) in [5, 5.41) is 3.08.